The number of aromatic nitrogens is 3. The zero-order chi connectivity index (χ0) is 16.4. The Balaban J connectivity index is 1.53. The summed E-state index contributed by atoms with van der Waals surface area (Å²) in [5.41, 5.74) is 3.85. The van der Waals surface area contributed by atoms with Gasteiger partial charge in [0.2, 0.25) is 0 Å². The first-order valence-corrected chi connectivity index (χ1v) is 8.00. The fourth-order valence-corrected chi connectivity index (χ4v) is 3.01. The van der Waals surface area contributed by atoms with E-state index in [0.717, 1.165) is 41.9 Å². The van der Waals surface area contributed by atoms with Gasteiger partial charge in [0.05, 0.1) is 5.69 Å². The average molecular weight is 320 g/mol. The molecule has 0 aliphatic carbocycles. The standard InChI is InChI=1S/C19H17FN4/c20-17-6-2-1-4-15(17)12-24-9-7-18-16(13-24)11-22-19(23-18)14-5-3-8-21-10-14/h1-6,8,10-11H,7,9,12-13H2. The molecule has 4 nitrogen and oxygen atoms in total. The van der Waals surface area contributed by atoms with Crippen LogP contribution in [0.1, 0.15) is 16.8 Å². The van der Waals surface area contributed by atoms with E-state index in [2.05, 4.69) is 14.9 Å². The number of fused-ring (bicyclic) bond motifs is 1. The van der Waals surface area contributed by atoms with E-state index in [1.54, 1.807) is 18.5 Å². The Bertz CT molecular complexity index is 851. The van der Waals surface area contributed by atoms with Gasteiger partial charge in [-0.1, -0.05) is 18.2 Å². The van der Waals surface area contributed by atoms with Crippen molar-refractivity contribution in [1.82, 2.24) is 19.9 Å². The molecule has 4 rings (SSSR count). The van der Waals surface area contributed by atoms with E-state index >= 15 is 0 Å². The normalized spacial score (nSPS) is 14.4. The van der Waals surface area contributed by atoms with Gasteiger partial charge in [-0.3, -0.25) is 9.88 Å². The van der Waals surface area contributed by atoms with Crippen molar-refractivity contribution in [3.8, 4) is 11.4 Å². The Kier molecular flexibility index (Phi) is 4.01. The van der Waals surface area contributed by atoms with E-state index in [9.17, 15) is 4.39 Å². The van der Waals surface area contributed by atoms with Gasteiger partial charge in [-0.2, -0.15) is 0 Å². The van der Waals surface area contributed by atoms with E-state index in [0.29, 0.717) is 12.4 Å². The third kappa shape index (κ3) is 3.03. The van der Waals surface area contributed by atoms with Gasteiger partial charge in [-0.15, -0.1) is 0 Å². The zero-order valence-corrected chi connectivity index (χ0v) is 13.2. The lowest BCUT2D eigenvalue weighted by atomic mass is 10.1. The summed E-state index contributed by atoms with van der Waals surface area (Å²) in [7, 11) is 0. The number of hydrogen-bond acceptors (Lipinski definition) is 4. The molecule has 0 amide bonds. The molecule has 3 heterocycles. The Morgan fingerprint density at radius 1 is 1.08 bits per heavy atom. The van der Waals surface area contributed by atoms with Gasteiger partial charge in [-0.05, 0) is 18.2 Å². The Morgan fingerprint density at radius 2 is 2.00 bits per heavy atom. The summed E-state index contributed by atoms with van der Waals surface area (Å²) < 4.78 is 13.8. The highest BCUT2D eigenvalue weighted by atomic mass is 19.1. The molecule has 0 unspecified atom stereocenters. The lowest BCUT2D eigenvalue weighted by Crippen LogP contribution is -2.31. The molecular formula is C19H17FN4. The van der Waals surface area contributed by atoms with Crippen LogP contribution in [0, 0.1) is 5.82 Å². The zero-order valence-electron chi connectivity index (χ0n) is 13.2. The maximum atomic E-state index is 13.8. The molecular weight excluding hydrogens is 303 g/mol. The highest BCUT2D eigenvalue weighted by Crippen LogP contribution is 2.22. The van der Waals surface area contributed by atoms with Gasteiger partial charge >= 0.3 is 0 Å². The van der Waals surface area contributed by atoms with Crippen molar-refractivity contribution in [2.24, 2.45) is 0 Å². The van der Waals surface area contributed by atoms with Gasteiger partial charge in [0.1, 0.15) is 5.82 Å². The van der Waals surface area contributed by atoms with Crippen molar-refractivity contribution in [3.63, 3.8) is 0 Å². The van der Waals surface area contributed by atoms with Gasteiger partial charge in [0, 0.05) is 61.3 Å². The topological polar surface area (TPSA) is 41.9 Å². The van der Waals surface area contributed by atoms with Gasteiger partial charge in [0.25, 0.3) is 0 Å². The third-order valence-electron chi connectivity index (χ3n) is 4.28. The lowest BCUT2D eigenvalue weighted by molar-refractivity contribution is 0.239. The van der Waals surface area contributed by atoms with Crippen molar-refractivity contribution < 1.29 is 4.39 Å². The molecule has 0 radical (unpaired) electrons. The summed E-state index contributed by atoms with van der Waals surface area (Å²) in [6.45, 7) is 2.22. The Labute approximate surface area is 140 Å². The van der Waals surface area contributed by atoms with Gasteiger partial charge in [0.15, 0.2) is 5.82 Å². The van der Waals surface area contributed by atoms with Crippen LogP contribution in [0.4, 0.5) is 4.39 Å². The molecule has 0 saturated carbocycles. The van der Waals surface area contributed by atoms with Crippen LogP contribution in [0.2, 0.25) is 0 Å². The predicted octanol–water partition coefficient (Wildman–Crippen LogP) is 3.24. The molecule has 1 aliphatic rings. The molecule has 0 fully saturated rings. The molecule has 24 heavy (non-hydrogen) atoms. The second-order valence-corrected chi connectivity index (χ2v) is 5.96. The van der Waals surface area contributed by atoms with Crippen LogP contribution in [0.15, 0.2) is 55.0 Å². The smallest absolute Gasteiger partial charge is 0.160 e. The third-order valence-corrected chi connectivity index (χ3v) is 4.28. The lowest BCUT2D eigenvalue weighted by Gasteiger charge is -2.28. The summed E-state index contributed by atoms with van der Waals surface area (Å²) in [5, 5.41) is 0. The highest BCUT2D eigenvalue weighted by molar-refractivity contribution is 5.53. The SMILES string of the molecule is Fc1ccccc1CN1CCc2nc(-c3cccnc3)ncc2C1. The fraction of sp³-hybridized carbons (Fsp3) is 0.211. The van der Waals surface area contributed by atoms with Crippen molar-refractivity contribution in [3.05, 3.63) is 77.6 Å². The summed E-state index contributed by atoms with van der Waals surface area (Å²) in [6, 6.07) is 10.8. The number of rotatable bonds is 3. The summed E-state index contributed by atoms with van der Waals surface area (Å²) >= 11 is 0. The number of nitrogens with zero attached hydrogens (tertiary/aromatic N) is 4. The maximum absolute atomic E-state index is 13.8. The second kappa shape index (κ2) is 6.45. The van der Waals surface area contributed by atoms with Crippen LogP contribution in [-0.4, -0.2) is 26.4 Å². The van der Waals surface area contributed by atoms with Crippen LogP contribution in [-0.2, 0) is 19.5 Å². The highest BCUT2D eigenvalue weighted by Gasteiger charge is 2.19. The minimum Gasteiger partial charge on any atom is -0.294 e. The molecule has 0 saturated heterocycles. The number of pyridine rings is 1. The first-order valence-electron chi connectivity index (χ1n) is 8.00. The first-order chi connectivity index (χ1) is 11.8. The Morgan fingerprint density at radius 3 is 2.83 bits per heavy atom. The molecule has 0 bridgehead atoms. The molecule has 0 spiro atoms. The van der Waals surface area contributed by atoms with E-state index in [1.807, 2.05) is 30.5 Å². The molecule has 5 heteroatoms. The van der Waals surface area contributed by atoms with Crippen LogP contribution in [0.25, 0.3) is 11.4 Å². The van der Waals surface area contributed by atoms with Crippen molar-refractivity contribution in [2.45, 2.75) is 19.5 Å². The largest absolute Gasteiger partial charge is 0.294 e. The maximum Gasteiger partial charge on any atom is 0.160 e. The molecule has 120 valence electrons. The van der Waals surface area contributed by atoms with Crippen LogP contribution in [0.5, 0.6) is 0 Å². The van der Waals surface area contributed by atoms with Crippen molar-refractivity contribution in [1.29, 1.82) is 0 Å². The fourth-order valence-electron chi connectivity index (χ4n) is 3.01. The summed E-state index contributed by atoms with van der Waals surface area (Å²) in [6.07, 6.45) is 6.25. The monoisotopic (exact) mass is 320 g/mol. The second-order valence-electron chi connectivity index (χ2n) is 5.96. The van der Waals surface area contributed by atoms with Gasteiger partial charge < -0.3 is 0 Å². The van der Waals surface area contributed by atoms with E-state index in [1.165, 1.54) is 6.07 Å². The van der Waals surface area contributed by atoms with Crippen LogP contribution in [0.3, 0.4) is 0 Å². The van der Waals surface area contributed by atoms with E-state index in [4.69, 9.17) is 4.98 Å². The van der Waals surface area contributed by atoms with Crippen molar-refractivity contribution >= 4 is 0 Å². The quantitative estimate of drug-likeness (QED) is 0.743. The average Bonchev–Trinajstić information content (AvgIpc) is 2.64. The number of benzene rings is 1. The molecule has 0 N–H and O–H groups in total. The summed E-state index contributed by atoms with van der Waals surface area (Å²) in [5.74, 6) is 0.566. The molecule has 3 aromatic rings. The first kappa shape index (κ1) is 14.9. The van der Waals surface area contributed by atoms with E-state index in [-0.39, 0.29) is 5.82 Å². The molecule has 1 aliphatic heterocycles. The van der Waals surface area contributed by atoms with Crippen molar-refractivity contribution in [2.75, 3.05) is 6.54 Å². The van der Waals surface area contributed by atoms with Crippen LogP contribution < -0.4 is 0 Å². The minimum absolute atomic E-state index is 0.147. The van der Waals surface area contributed by atoms with E-state index < -0.39 is 0 Å². The van der Waals surface area contributed by atoms with Gasteiger partial charge in [-0.25, -0.2) is 14.4 Å². The molecule has 2 aromatic heterocycles. The van der Waals surface area contributed by atoms with Crippen LogP contribution >= 0.6 is 0 Å². The minimum atomic E-state index is -0.147. The molecule has 1 aromatic carbocycles. The summed E-state index contributed by atoms with van der Waals surface area (Å²) in [4.78, 5) is 15.5. The number of halogens is 1. The molecule has 0 atom stereocenters. The number of hydrogen-bond donors (Lipinski definition) is 0. The predicted molar refractivity (Wildman–Crippen MR) is 89.5 cm³/mol. The Hall–Kier alpha value is -2.66.